The largest absolute Gasteiger partial charge is 0.456 e. The molecule has 0 spiro atoms. The Bertz CT molecular complexity index is 3750. The van der Waals surface area contributed by atoms with Gasteiger partial charge in [-0.3, -0.25) is 0 Å². The van der Waals surface area contributed by atoms with E-state index in [4.69, 9.17) is 4.42 Å². The molecule has 13 rings (SSSR count). The van der Waals surface area contributed by atoms with Gasteiger partial charge in [-0.05, 0) is 114 Å². The Labute approximate surface area is 335 Å². The molecule has 0 bridgehead atoms. The monoisotopic (exact) mass is 758 g/mol. The van der Waals surface area contributed by atoms with Gasteiger partial charge in [-0.1, -0.05) is 133 Å². The molecule has 0 aliphatic carbocycles. The van der Waals surface area contributed by atoms with Crippen LogP contribution in [0.15, 0.2) is 186 Å². The molecule has 0 saturated heterocycles. The van der Waals surface area contributed by atoms with E-state index in [0.717, 1.165) is 33.1 Å². The average Bonchev–Trinajstić information content (AvgIpc) is 3.94. The SMILES string of the molecule is c1ccc(-c2c3ccccc3c(-c3ccc4c(c3)oc3cc(-c5ccc6c(ccc7c8cc9c(cc8sc67)sc6ccccc69)c5)ccc34)c3ccccc23)cc1. The van der Waals surface area contributed by atoms with Crippen molar-refractivity contribution in [3.05, 3.63) is 182 Å². The van der Waals surface area contributed by atoms with Crippen LogP contribution >= 0.6 is 22.7 Å². The first kappa shape index (κ1) is 31.4. The Morgan fingerprint density at radius 2 is 0.807 bits per heavy atom. The van der Waals surface area contributed by atoms with Crippen molar-refractivity contribution >= 4 is 117 Å². The number of furan rings is 1. The second-order valence-electron chi connectivity index (χ2n) is 15.2. The molecule has 0 aliphatic heterocycles. The Morgan fingerprint density at radius 3 is 1.53 bits per heavy atom. The van der Waals surface area contributed by atoms with E-state index in [1.165, 1.54) is 94.9 Å². The van der Waals surface area contributed by atoms with Crippen LogP contribution < -0.4 is 0 Å². The molecule has 0 atom stereocenters. The van der Waals surface area contributed by atoms with E-state index in [0.29, 0.717) is 0 Å². The van der Waals surface area contributed by atoms with Crippen LogP contribution in [0.2, 0.25) is 0 Å². The van der Waals surface area contributed by atoms with Crippen molar-refractivity contribution in [2.75, 3.05) is 0 Å². The average molecular weight is 759 g/mol. The van der Waals surface area contributed by atoms with Crippen LogP contribution in [0.4, 0.5) is 0 Å². The molecule has 3 aromatic heterocycles. The van der Waals surface area contributed by atoms with E-state index in [9.17, 15) is 0 Å². The van der Waals surface area contributed by atoms with Gasteiger partial charge in [0.25, 0.3) is 0 Å². The summed E-state index contributed by atoms with van der Waals surface area (Å²) < 4.78 is 12.1. The van der Waals surface area contributed by atoms with E-state index < -0.39 is 0 Å². The highest BCUT2D eigenvalue weighted by atomic mass is 32.1. The molecule has 10 aromatic carbocycles. The van der Waals surface area contributed by atoms with Gasteiger partial charge in [-0.15, -0.1) is 22.7 Å². The lowest BCUT2D eigenvalue weighted by molar-refractivity contribution is 0.669. The molecule has 3 heteroatoms. The van der Waals surface area contributed by atoms with Gasteiger partial charge in [-0.25, -0.2) is 0 Å². The molecular formula is C54H30OS2. The van der Waals surface area contributed by atoms with E-state index in [1.807, 2.05) is 22.7 Å². The van der Waals surface area contributed by atoms with E-state index >= 15 is 0 Å². The molecule has 57 heavy (non-hydrogen) atoms. The normalized spacial score (nSPS) is 12.2. The Kier molecular flexibility index (Phi) is 6.54. The first-order valence-electron chi connectivity index (χ1n) is 19.4. The van der Waals surface area contributed by atoms with Gasteiger partial charge >= 0.3 is 0 Å². The standard InChI is InChI=1S/C54H30OS2/c1-2-10-31(11-3-1)52-40-13-4-6-15-42(40)53(43-16-7-5-14-41(43)52)35-21-24-38-37-23-19-33(27-47(37)55-48(38)28-35)32-18-22-36-34(26-32)20-25-44-46-29-45-39-12-8-9-17-49(39)56-50(45)30-51(46)57-54(36)44/h1-30H. The van der Waals surface area contributed by atoms with Gasteiger partial charge in [0, 0.05) is 51.1 Å². The van der Waals surface area contributed by atoms with Crippen LogP contribution in [-0.4, -0.2) is 0 Å². The second kappa shape index (κ2) is 11.9. The van der Waals surface area contributed by atoms with Crippen molar-refractivity contribution in [2.45, 2.75) is 0 Å². The minimum atomic E-state index is 0.901. The van der Waals surface area contributed by atoms with Crippen LogP contribution in [0.1, 0.15) is 0 Å². The lowest BCUT2D eigenvalue weighted by Crippen LogP contribution is -1.90. The Balaban J connectivity index is 0.919. The smallest absolute Gasteiger partial charge is 0.136 e. The highest BCUT2D eigenvalue weighted by molar-refractivity contribution is 7.28. The first-order chi connectivity index (χ1) is 28.2. The van der Waals surface area contributed by atoms with Gasteiger partial charge in [0.05, 0.1) is 0 Å². The summed E-state index contributed by atoms with van der Waals surface area (Å²) in [5.41, 5.74) is 9.05. The number of thiophene rings is 2. The van der Waals surface area contributed by atoms with Crippen molar-refractivity contribution in [3.8, 4) is 33.4 Å². The van der Waals surface area contributed by atoms with Crippen LogP contribution in [0, 0.1) is 0 Å². The molecule has 0 unspecified atom stereocenters. The Hall–Kier alpha value is -6.78. The van der Waals surface area contributed by atoms with Crippen molar-refractivity contribution in [1.29, 1.82) is 0 Å². The quantitative estimate of drug-likeness (QED) is 0.164. The summed E-state index contributed by atoms with van der Waals surface area (Å²) in [5, 5.41) is 15.2. The Morgan fingerprint density at radius 1 is 0.281 bits per heavy atom. The van der Waals surface area contributed by atoms with Crippen molar-refractivity contribution in [3.63, 3.8) is 0 Å². The molecular weight excluding hydrogens is 729 g/mol. The fourth-order valence-electron chi connectivity index (χ4n) is 9.43. The predicted octanol–water partition coefficient (Wildman–Crippen LogP) is 16.8. The second-order valence-corrected chi connectivity index (χ2v) is 17.3. The first-order valence-corrected chi connectivity index (χ1v) is 21.0. The molecule has 0 fully saturated rings. The summed E-state index contributed by atoms with van der Waals surface area (Å²) in [6.07, 6.45) is 0. The summed E-state index contributed by atoms with van der Waals surface area (Å²) in [6.45, 7) is 0. The third-order valence-corrected chi connectivity index (χ3v) is 14.4. The molecule has 13 aromatic rings. The molecule has 0 amide bonds. The summed E-state index contributed by atoms with van der Waals surface area (Å²) >= 11 is 3.80. The summed E-state index contributed by atoms with van der Waals surface area (Å²) in [4.78, 5) is 0. The van der Waals surface area contributed by atoms with Crippen molar-refractivity contribution < 1.29 is 4.42 Å². The third kappa shape index (κ3) is 4.61. The number of benzene rings is 10. The highest BCUT2D eigenvalue weighted by Crippen LogP contribution is 2.46. The van der Waals surface area contributed by atoms with E-state index in [-0.39, 0.29) is 0 Å². The zero-order valence-electron chi connectivity index (χ0n) is 30.5. The minimum Gasteiger partial charge on any atom is -0.456 e. The number of rotatable bonds is 3. The lowest BCUT2D eigenvalue weighted by Gasteiger charge is -2.17. The van der Waals surface area contributed by atoms with E-state index in [1.54, 1.807) is 0 Å². The fourth-order valence-corrected chi connectivity index (χ4v) is 11.9. The van der Waals surface area contributed by atoms with Crippen LogP contribution in [0.25, 0.3) is 128 Å². The molecule has 0 saturated carbocycles. The van der Waals surface area contributed by atoms with E-state index in [2.05, 4.69) is 182 Å². The fraction of sp³-hybridized carbons (Fsp3) is 0. The zero-order chi connectivity index (χ0) is 37.2. The van der Waals surface area contributed by atoms with Gasteiger partial charge in [0.2, 0.25) is 0 Å². The molecule has 1 nitrogen and oxygen atoms in total. The zero-order valence-corrected chi connectivity index (χ0v) is 32.2. The molecule has 264 valence electrons. The number of hydrogen-bond acceptors (Lipinski definition) is 3. The van der Waals surface area contributed by atoms with Crippen LogP contribution in [0.3, 0.4) is 0 Å². The topological polar surface area (TPSA) is 13.1 Å². The van der Waals surface area contributed by atoms with Gasteiger partial charge in [0.1, 0.15) is 11.2 Å². The minimum absolute atomic E-state index is 0.901. The summed E-state index contributed by atoms with van der Waals surface area (Å²) in [6, 6.07) is 67.0. The predicted molar refractivity (Wildman–Crippen MR) is 248 cm³/mol. The van der Waals surface area contributed by atoms with Crippen molar-refractivity contribution in [2.24, 2.45) is 0 Å². The molecule has 0 aliphatic rings. The maximum absolute atomic E-state index is 6.73. The van der Waals surface area contributed by atoms with Gasteiger partial charge < -0.3 is 4.42 Å². The number of fused-ring (bicyclic) bond motifs is 13. The molecule has 0 N–H and O–H groups in total. The molecule has 0 radical (unpaired) electrons. The lowest BCUT2D eigenvalue weighted by atomic mass is 9.86. The summed E-state index contributed by atoms with van der Waals surface area (Å²) in [5.74, 6) is 0. The third-order valence-electron chi connectivity index (χ3n) is 12.0. The number of hydrogen-bond donors (Lipinski definition) is 0. The molecule has 3 heterocycles. The van der Waals surface area contributed by atoms with Gasteiger partial charge in [-0.2, -0.15) is 0 Å². The van der Waals surface area contributed by atoms with Crippen LogP contribution in [-0.2, 0) is 0 Å². The highest BCUT2D eigenvalue weighted by Gasteiger charge is 2.19. The maximum atomic E-state index is 6.73. The van der Waals surface area contributed by atoms with Crippen LogP contribution in [0.5, 0.6) is 0 Å². The van der Waals surface area contributed by atoms with Gasteiger partial charge in [0.15, 0.2) is 0 Å². The summed E-state index contributed by atoms with van der Waals surface area (Å²) in [7, 11) is 0. The van der Waals surface area contributed by atoms with Crippen molar-refractivity contribution in [1.82, 2.24) is 0 Å². The maximum Gasteiger partial charge on any atom is 0.136 e.